The Morgan fingerprint density at radius 1 is 1.09 bits per heavy atom. The van der Waals surface area contributed by atoms with Crippen LogP contribution in [0.1, 0.15) is 24.2 Å². The van der Waals surface area contributed by atoms with Crippen LogP contribution in [0.2, 0.25) is 0 Å². The lowest BCUT2D eigenvalue weighted by atomic mass is 10.2. The van der Waals surface area contributed by atoms with E-state index in [1.165, 1.54) is 41.7 Å². The number of aromatic nitrogens is 3. The van der Waals surface area contributed by atoms with Crippen molar-refractivity contribution >= 4 is 38.6 Å². The molecule has 0 saturated heterocycles. The summed E-state index contributed by atoms with van der Waals surface area (Å²) in [6.45, 7) is 3.80. The minimum Gasteiger partial charge on any atom is -0.465 e. The molecule has 0 fully saturated rings. The molecule has 1 heterocycles. The molecule has 0 spiro atoms. The van der Waals surface area contributed by atoms with Crippen molar-refractivity contribution in [3.63, 3.8) is 0 Å². The Kier molecular flexibility index (Phi) is 7.05. The van der Waals surface area contributed by atoms with Crippen molar-refractivity contribution in [1.82, 2.24) is 19.5 Å². The molecule has 2 aromatic carbocycles. The number of methoxy groups -OCH3 is 1. The van der Waals surface area contributed by atoms with Gasteiger partial charge in [-0.25, -0.2) is 13.2 Å². The predicted molar refractivity (Wildman–Crippen MR) is 115 cm³/mol. The number of nitrogens with one attached hydrogen (secondary N) is 1. The van der Waals surface area contributed by atoms with E-state index in [2.05, 4.69) is 20.4 Å². The van der Waals surface area contributed by atoms with Gasteiger partial charge >= 0.3 is 5.97 Å². The summed E-state index contributed by atoms with van der Waals surface area (Å²) in [5.41, 5.74) is 1.55. The van der Waals surface area contributed by atoms with E-state index in [-0.39, 0.29) is 4.90 Å². The summed E-state index contributed by atoms with van der Waals surface area (Å²) in [7, 11) is -2.39. The molecule has 0 unspecified atom stereocenters. The summed E-state index contributed by atoms with van der Waals surface area (Å²) in [4.78, 5) is 30.2. The first-order chi connectivity index (χ1) is 15.3. The van der Waals surface area contributed by atoms with E-state index < -0.39 is 28.5 Å². The Hall–Kier alpha value is -3.51. The Labute approximate surface area is 184 Å². The Morgan fingerprint density at radius 2 is 1.78 bits per heavy atom. The van der Waals surface area contributed by atoms with E-state index in [9.17, 15) is 18.0 Å². The maximum atomic E-state index is 12.8. The Balaban J connectivity index is 1.71. The second-order valence-corrected chi connectivity index (χ2v) is 8.53. The number of amides is 1. The molecule has 32 heavy (non-hydrogen) atoms. The molecule has 11 nitrogen and oxygen atoms in total. The number of sulfonamides is 1. The third kappa shape index (κ3) is 4.86. The summed E-state index contributed by atoms with van der Waals surface area (Å²) < 4.78 is 31.5. The zero-order chi connectivity index (χ0) is 23.3. The van der Waals surface area contributed by atoms with Crippen LogP contribution in [0.3, 0.4) is 0 Å². The number of carbonyl (C=O) groups excluding carboxylic acids is 2. The third-order valence-electron chi connectivity index (χ3n) is 4.64. The largest absolute Gasteiger partial charge is 0.465 e. The lowest BCUT2D eigenvalue weighted by Crippen LogP contribution is -2.30. The van der Waals surface area contributed by atoms with E-state index in [0.29, 0.717) is 35.4 Å². The van der Waals surface area contributed by atoms with Gasteiger partial charge in [-0.05, 0) is 47.7 Å². The lowest BCUT2D eigenvalue weighted by Gasteiger charge is -2.18. The number of anilines is 1. The van der Waals surface area contributed by atoms with Crippen LogP contribution < -0.4 is 10.2 Å². The van der Waals surface area contributed by atoms with Crippen LogP contribution in [0.15, 0.2) is 47.4 Å². The van der Waals surface area contributed by atoms with Gasteiger partial charge in [0, 0.05) is 18.8 Å². The number of ether oxygens (including phenoxy) is 1. The maximum Gasteiger partial charge on any atom is 0.337 e. The molecular weight excluding hydrogens is 438 g/mol. The van der Waals surface area contributed by atoms with Crippen molar-refractivity contribution in [2.24, 2.45) is 0 Å². The first-order valence-electron chi connectivity index (χ1n) is 9.77. The zero-order valence-electron chi connectivity index (χ0n) is 17.8. The van der Waals surface area contributed by atoms with Crippen molar-refractivity contribution in [3.05, 3.63) is 48.0 Å². The smallest absolute Gasteiger partial charge is 0.337 e. The van der Waals surface area contributed by atoms with Gasteiger partial charge in [-0.3, -0.25) is 4.79 Å². The number of hydrogen-bond acceptors (Lipinski definition) is 8. The van der Waals surface area contributed by atoms with E-state index in [1.54, 1.807) is 26.0 Å². The van der Waals surface area contributed by atoms with Gasteiger partial charge in [0.05, 0.1) is 17.6 Å². The summed E-state index contributed by atoms with van der Waals surface area (Å²) in [5.74, 6) is -0.960. The normalized spacial score (nSPS) is 11.5. The topological polar surface area (TPSA) is 133 Å². The van der Waals surface area contributed by atoms with Gasteiger partial charge in [0.1, 0.15) is 11.0 Å². The fraction of sp³-hybridized carbons (Fsp3) is 0.300. The van der Waals surface area contributed by atoms with Gasteiger partial charge in [0.15, 0.2) is 6.61 Å². The molecule has 3 rings (SSSR count). The Bertz CT molecular complexity index is 1220. The number of nitrogens with zero attached hydrogens (tertiary/aromatic N) is 4. The number of carbonyl (C=O) groups is 2. The van der Waals surface area contributed by atoms with Crippen LogP contribution in [0.4, 0.5) is 5.69 Å². The van der Waals surface area contributed by atoms with Crippen LogP contribution in [-0.2, 0) is 19.6 Å². The first kappa shape index (κ1) is 23.2. The van der Waals surface area contributed by atoms with Crippen molar-refractivity contribution in [3.8, 4) is 0 Å². The van der Waals surface area contributed by atoms with E-state index in [4.69, 9.17) is 4.84 Å². The minimum atomic E-state index is -3.67. The van der Waals surface area contributed by atoms with E-state index in [1.807, 2.05) is 0 Å². The minimum absolute atomic E-state index is 0.0796. The van der Waals surface area contributed by atoms with Gasteiger partial charge < -0.3 is 14.9 Å². The highest BCUT2D eigenvalue weighted by Gasteiger charge is 2.23. The summed E-state index contributed by atoms with van der Waals surface area (Å²) in [5, 5.41) is 10.4. The van der Waals surface area contributed by atoms with Gasteiger partial charge in [0.25, 0.3) is 5.91 Å². The predicted octanol–water partition coefficient (Wildman–Crippen LogP) is 1.32. The highest BCUT2D eigenvalue weighted by Crippen LogP contribution is 2.20. The molecule has 0 atom stereocenters. The molecule has 3 aromatic rings. The Morgan fingerprint density at radius 3 is 2.41 bits per heavy atom. The summed E-state index contributed by atoms with van der Waals surface area (Å²) in [6.07, 6.45) is 0. The first-order valence-corrected chi connectivity index (χ1v) is 11.2. The fourth-order valence-electron chi connectivity index (χ4n) is 2.97. The number of hydrogen-bond donors (Lipinski definition) is 1. The molecular formula is C20H23N5O6S. The molecule has 1 amide bonds. The monoisotopic (exact) mass is 461 g/mol. The molecule has 0 radical (unpaired) electrons. The number of benzene rings is 2. The molecule has 0 bridgehead atoms. The van der Waals surface area contributed by atoms with Crippen molar-refractivity contribution in [2.45, 2.75) is 18.7 Å². The van der Waals surface area contributed by atoms with Gasteiger partial charge in [-0.15, -0.1) is 5.10 Å². The van der Waals surface area contributed by atoms with Crippen LogP contribution in [0.5, 0.6) is 0 Å². The lowest BCUT2D eigenvalue weighted by molar-refractivity contribution is -0.121. The average molecular weight is 462 g/mol. The maximum absolute atomic E-state index is 12.8. The van der Waals surface area contributed by atoms with Gasteiger partial charge in [0.2, 0.25) is 10.0 Å². The zero-order valence-corrected chi connectivity index (χ0v) is 18.6. The third-order valence-corrected chi connectivity index (χ3v) is 6.68. The van der Waals surface area contributed by atoms with Crippen LogP contribution in [0, 0.1) is 0 Å². The molecule has 1 aromatic heterocycles. The fourth-order valence-corrected chi connectivity index (χ4v) is 4.45. The number of fused-ring (bicyclic) bond motifs is 1. The van der Waals surface area contributed by atoms with Crippen molar-refractivity contribution in [1.29, 1.82) is 0 Å². The number of rotatable bonds is 9. The molecule has 170 valence electrons. The second-order valence-electron chi connectivity index (χ2n) is 6.59. The summed E-state index contributed by atoms with van der Waals surface area (Å²) in [6, 6.07) is 10.5. The van der Waals surface area contributed by atoms with Crippen LogP contribution >= 0.6 is 0 Å². The molecule has 0 aliphatic carbocycles. The molecule has 0 aliphatic rings. The van der Waals surface area contributed by atoms with E-state index in [0.717, 1.165) is 4.85 Å². The van der Waals surface area contributed by atoms with Gasteiger partial charge in [-0.1, -0.05) is 18.7 Å². The van der Waals surface area contributed by atoms with Crippen LogP contribution in [-0.4, -0.2) is 66.6 Å². The van der Waals surface area contributed by atoms with E-state index >= 15 is 0 Å². The standard InChI is InChI=1S/C20H23N5O6S/c1-4-24(5-2)32(28,29)16-10-11-17-18(12-16)25(23-22-17)31-13-19(26)21-15-8-6-14(7-9-15)20(27)30-3/h6-12H,4-5,13H2,1-3H3,(H,21,26). The molecule has 12 heteroatoms. The highest BCUT2D eigenvalue weighted by molar-refractivity contribution is 7.89. The molecule has 0 saturated carbocycles. The van der Waals surface area contributed by atoms with Crippen LogP contribution in [0.25, 0.3) is 11.0 Å². The SMILES string of the molecule is CCN(CC)S(=O)(=O)c1ccc2nnn(OCC(=O)Nc3ccc(C(=O)OC)cc3)c2c1. The quantitative estimate of drug-likeness (QED) is 0.472. The van der Waals surface area contributed by atoms with Gasteiger partial charge in [-0.2, -0.15) is 4.31 Å². The van der Waals surface area contributed by atoms with Crippen molar-refractivity contribution in [2.75, 3.05) is 32.1 Å². The molecule has 1 N–H and O–H groups in total. The summed E-state index contributed by atoms with van der Waals surface area (Å²) >= 11 is 0. The number of esters is 1. The average Bonchev–Trinajstić information content (AvgIpc) is 3.20. The highest BCUT2D eigenvalue weighted by atomic mass is 32.2. The molecule has 0 aliphatic heterocycles. The second kappa shape index (κ2) is 9.75. The van der Waals surface area contributed by atoms with Crippen molar-refractivity contribution < 1.29 is 27.6 Å².